The molecule has 0 unspecified atom stereocenters. The van der Waals surface area contributed by atoms with Gasteiger partial charge in [0.25, 0.3) is 0 Å². The molecule has 1 aliphatic rings. The molecule has 96 valence electrons. The van der Waals surface area contributed by atoms with Crippen molar-refractivity contribution >= 4 is 34.2 Å². The smallest absolute Gasteiger partial charge is 0.111 e. The molecule has 0 bridgehead atoms. The van der Waals surface area contributed by atoms with Gasteiger partial charge in [-0.05, 0) is 37.0 Å². The van der Waals surface area contributed by atoms with Crippen LogP contribution in [-0.4, -0.2) is 15.4 Å². The van der Waals surface area contributed by atoms with Gasteiger partial charge in [0.2, 0.25) is 0 Å². The van der Waals surface area contributed by atoms with Crippen molar-refractivity contribution in [2.24, 2.45) is 5.92 Å². The number of nitrogens with zero attached hydrogens (tertiary/aromatic N) is 2. The monoisotopic (exact) mass is 282 g/mol. The molecule has 4 heteroatoms. The molecule has 0 radical (unpaired) electrons. The molecule has 0 spiro atoms. The fraction of sp³-hybridized carbons (Fsp3) is 0.500. The Hall–Kier alpha value is -0.730. The Labute approximate surface area is 117 Å². The lowest BCUT2D eigenvalue weighted by atomic mass is 9.85. The summed E-state index contributed by atoms with van der Waals surface area (Å²) in [6.45, 7) is 1.07. The standard InChI is InChI=1S/C14H16Cl2N2/c15-7-6-14-17-12-8-11(16)4-5-13(12)18(14)9-10-2-1-3-10/h4-5,8,10H,1-3,6-7,9H2. The van der Waals surface area contributed by atoms with Crippen molar-refractivity contribution in [1.82, 2.24) is 9.55 Å². The molecule has 0 amide bonds. The summed E-state index contributed by atoms with van der Waals surface area (Å²) < 4.78 is 2.33. The maximum atomic E-state index is 6.03. The summed E-state index contributed by atoms with van der Waals surface area (Å²) in [5, 5.41) is 0.744. The number of aryl methyl sites for hydroxylation is 1. The predicted molar refractivity (Wildman–Crippen MR) is 76.5 cm³/mol. The predicted octanol–water partition coefficient (Wildman–Crippen LogP) is 4.27. The first-order valence-corrected chi connectivity index (χ1v) is 7.40. The average molecular weight is 283 g/mol. The SMILES string of the molecule is ClCCc1nc2cc(Cl)ccc2n1CC1CCC1. The van der Waals surface area contributed by atoms with Crippen molar-refractivity contribution in [3.8, 4) is 0 Å². The van der Waals surface area contributed by atoms with E-state index in [2.05, 4.69) is 15.6 Å². The van der Waals surface area contributed by atoms with E-state index in [9.17, 15) is 0 Å². The van der Waals surface area contributed by atoms with E-state index in [1.165, 1.54) is 24.8 Å². The van der Waals surface area contributed by atoms with Crippen LogP contribution in [-0.2, 0) is 13.0 Å². The van der Waals surface area contributed by atoms with Crippen molar-refractivity contribution in [2.45, 2.75) is 32.2 Å². The van der Waals surface area contributed by atoms with Crippen LogP contribution in [0.2, 0.25) is 5.02 Å². The van der Waals surface area contributed by atoms with Crippen LogP contribution in [0.5, 0.6) is 0 Å². The molecule has 1 aromatic heterocycles. The van der Waals surface area contributed by atoms with Gasteiger partial charge in [0.1, 0.15) is 5.82 Å². The second-order valence-electron chi connectivity index (χ2n) is 5.01. The quantitative estimate of drug-likeness (QED) is 0.766. The van der Waals surface area contributed by atoms with Gasteiger partial charge in [-0.25, -0.2) is 4.98 Å². The summed E-state index contributed by atoms with van der Waals surface area (Å²) in [5.41, 5.74) is 2.17. The second-order valence-corrected chi connectivity index (χ2v) is 5.82. The number of hydrogen-bond acceptors (Lipinski definition) is 1. The first-order valence-electron chi connectivity index (χ1n) is 6.48. The van der Waals surface area contributed by atoms with Gasteiger partial charge in [-0.15, -0.1) is 11.6 Å². The molecule has 0 aliphatic heterocycles. The van der Waals surface area contributed by atoms with Gasteiger partial charge in [0, 0.05) is 23.9 Å². The number of benzene rings is 1. The second kappa shape index (κ2) is 5.10. The molecule has 1 saturated carbocycles. The third-order valence-electron chi connectivity index (χ3n) is 3.77. The van der Waals surface area contributed by atoms with E-state index in [-0.39, 0.29) is 0 Å². The highest BCUT2D eigenvalue weighted by atomic mass is 35.5. The average Bonchev–Trinajstić information content (AvgIpc) is 2.61. The summed E-state index contributed by atoms with van der Waals surface area (Å²) >= 11 is 11.9. The summed E-state index contributed by atoms with van der Waals surface area (Å²) in [6.07, 6.45) is 4.87. The minimum Gasteiger partial charge on any atom is -0.328 e. The Morgan fingerprint density at radius 1 is 1.33 bits per heavy atom. The highest BCUT2D eigenvalue weighted by Crippen LogP contribution is 2.30. The molecule has 1 aliphatic carbocycles. The van der Waals surface area contributed by atoms with Crippen LogP contribution < -0.4 is 0 Å². The van der Waals surface area contributed by atoms with Crippen molar-refractivity contribution < 1.29 is 0 Å². The fourth-order valence-electron chi connectivity index (χ4n) is 2.57. The zero-order valence-electron chi connectivity index (χ0n) is 10.2. The maximum Gasteiger partial charge on any atom is 0.111 e. The molecule has 3 rings (SSSR count). The summed E-state index contributed by atoms with van der Waals surface area (Å²) in [4.78, 5) is 4.67. The van der Waals surface area contributed by atoms with Crippen molar-refractivity contribution in [3.05, 3.63) is 29.0 Å². The fourth-order valence-corrected chi connectivity index (χ4v) is 2.90. The largest absolute Gasteiger partial charge is 0.328 e. The molecule has 2 nitrogen and oxygen atoms in total. The molecule has 1 fully saturated rings. The van der Waals surface area contributed by atoms with E-state index in [0.717, 1.165) is 35.2 Å². The van der Waals surface area contributed by atoms with Gasteiger partial charge < -0.3 is 4.57 Å². The van der Waals surface area contributed by atoms with Gasteiger partial charge in [-0.1, -0.05) is 18.0 Å². The van der Waals surface area contributed by atoms with Gasteiger partial charge in [-0.3, -0.25) is 0 Å². The van der Waals surface area contributed by atoms with Crippen LogP contribution in [0.3, 0.4) is 0 Å². The van der Waals surface area contributed by atoms with E-state index >= 15 is 0 Å². The number of fused-ring (bicyclic) bond motifs is 1. The number of hydrogen-bond donors (Lipinski definition) is 0. The van der Waals surface area contributed by atoms with Crippen LogP contribution in [0.15, 0.2) is 18.2 Å². The lowest BCUT2D eigenvalue weighted by Crippen LogP contribution is -2.19. The molecule has 1 aromatic carbocycles. The van der Waals surface area contributed by atoms with Crippen LogP contribution in [0.4, 0.5) is 0 Å². The molecule has 18 heavy (non-hydrogen) atoms. The molecule has 0 atom stereocenters. The van der Waals surface area contributed by atoms with Crippen LogP contribution >= 0.6 is 23.2 Å². The zero-order valence-corrected chi connectivity index (χ0v) is 11.7. The number of imidazole rings is 1. The number of aromatic nitrogens is 2. The van der Waals surface area contributed by atoms with E-state index < -0.39 is 0 Å². The maximum absolute atomic E-state index is 6.03. The van der Waals surface area contributed by atoms with E-state index in [4.69, 9.17) is 23.2 Å². The van der Waals surface area contributed by atoms with Gasteiger partial charge >= 0.3 is 0 Å². The number of rotatable bonds is 4. The first-order chi connectivity index (χ1) is 8.78. The minimum absolute atomic E-state index is 0.613. The Kier molecular flexibility index (Phi) is 3.49. The van der Waals surface area contributed by atoms with E-state index in [0.29, 0.717) is 5.88 Å². The molecule has 0 N–H and O–H groups in total. The Morgan fingerprint density at radius 2 is 2.17 bits per heavy atom. The lowest BCUT2D eigenvalue weighted by Gasteiger charge is -2.26. The number of halogens is 2. The Morgan fingerprint density at radius 3 is 2.83 bits per heavy atom. The third-order valence-corrected chi connectivity index (χ3v) is 4.20. The first kappa shape index (κ1) is 12.3. The Bertz CT molecular complexity index is 558. The van der Waals surface area contributed by atoms with Crippen molar-refractivity contribution in [2.75, 3.05) is 5.88 Å². The zero-order chi connectivity index (χ0) is 12.5. The van der Waals surface area contributed by atoms with Gasteiger partial charge in [0.05, 0.1) is 11.0 Å². The molecule has 2 aromatic rings. The van der Waals surface area contributed by atoms with Gasteiger partial charge in [-0.2, -0.15) is 0 Å². The van der Waals surface area contributed by atoms with Crippen LogP contribution in [0.25, 0.3) is 11.0 Å². The van der Waals surface area contributed by atoms with Crippen molar-refractivity contribution in [3.63, 3.8) is 0 Å². The molecule has 1 heterocycles. The lowest BCUT2D eigenvalue weighted by molar-refractivity contribution is 0.277. The summed E-state index contributed by atoms with van der Waals surface area (Å²) in [5.74, 6) is 2.52. The highest BCUT2D eigenvalue weighted by Gasteiger charge is 2.20. The highest BCUT2D eigenvalue weighted by molar-refractivity contribution is 6.31. The number of alkyl halides is 1. The molecular weight excluding hydrogens is 267 g/mol. The summed E-state index contributed by atoms with van der Waals surface area (Å²) in [6, 6.07) is 5.94. The minimum atomic E-state index is 0.613. The third kappa shape index (κ3) is 2.24. The normalized spacial score (nSPS) is 16.1. The van der Waals surface area contributed by atoms with Crippen LogP contribution in [0, 0.1) is 5.92 Å². The van der Waals surface area contributed by atoms with Crippen molar-refractivity contribution in [1.29, 1.82) is 0 Å². The summed E-state index contributed by atoms with van der Waals surface area (Å²) in [7, 11) is 0. The topological polar surface area (TPSA) is 17.8 Å². The molecular formula is C14H16Cl2N2. The Balaban J connectivity index is 2.02. The van der Waals surface area contributed by atoms with Gasteiger partial charge in [0.15, 0.2) is 0 Å². The van der Waals surface area contributed by atoms with E-state index in [1.54, 1.807) is 0 Å². The van der Waals surface area contributed by atoms with E-state index in [1.807, 2.05) is 12.1 Å². The van der Waals surface area contributed by atoms with Crippen LogP contribution in [0.1, 0.15) is 25.1 Å². The molecule has 0 saturated heterocycles.